The largest absolute Gasteiger partial charge is 0.508 e. The van der Waals surface area contributed by atoms with Crippen molar-refractivity contribution >= 4 is 22.1 Å². The SMILES string of the molecule is Oc1cc(F)cc(-c2ccnc3[nH]c(-c4n[nH]c5ccc(-c6cncc(OC7CCCCC7)c6)nc45)cc23)c1. The highest BCUT2D eigenvalue weighted by atomic mass is 19.1. The number of H-pyrrole nitrogens is 2. The van der Waals surface area contributed by atoms with Crippen molar-refractivity contribution in [2.45, 2.75) is 38.2 Å². The van der Waals surface area contributed by atoms with Crippen LogP contribution in [0.25, 0.3) is 55.8 Å². The Morgan fingerprint density at radius 1 is 0.949 bits per heavy atom. The highest BCUT2D eigenvalue weighted by molar-refractivity contribution is 5.99. The van der Waals surface area contributed by atoms with E-state index in [2.05, 4.69) is 25.1 Å². The van der Waals surface area contributed by atoms with Gasteiger partial charge in [-0.2, -0.15) is 5.10 Å². The zero-order chi connectivity index (χ0) is 26.3. The van der Waals surface area contributed by atoms with Crippen LogP contribution in [0.15, 0.2) is 67.1 Å². The predicted octanol–water partition coefficient (Wildman–Crippen LogP) is 6.79. The number of aromatic hydroxyl groups is 1. The van der Waals surface area contributed by atoms with Gasteiger partial charge in [-0.3, -0.25) is 10.1 Å². The van der Waals surface area contributed by atoms with Crippen molar-refractivity contribution in [2.24, 2.45) is 0 Å². The molecule has 5 aromatic heterocycles. The number of hydrogen-bond acceptors (Lipinski definition) is 6. The van der Waals surface area contributed by atoms with Crippen LogP contribution in [-0.2, 0) is 0 Å². The Bertz CT molecular complexity index is 1800. The molecule has 1 aromatic carbocycles. The molecule has 1 saturated carbocycles. The number of nitrogens with one attached hydrogen (secondary N) is 2. The fourth-order valence-electron chi connectivity index (χ4n) is 5.38. The molecule has 0 unspecified atom stereocenters. The smallest absolute Gasteiger partial charge is 0.138 e. The lowest BCUT2D eigenvalue weighted by Gasteiger charge is -2.22. The van der Waals surface area contributed by atoms with Gasteiger partial charge in [-0.1, -0.05) is 6.42 Å². The molecule has 5 heterocycles. The fourth-order valence-corrected chi connectivity index (χ4v) is 5.38. The normalized spacial score (nSPS) is 14.3. The Morgan fingerprint density at radius 2 is 1.85 bits per heavy atom. The number of ether oxygens (including phenoxy) is 1. The summed E-state index contributed by atoms with van der Waals surface area (Å²) in [4.78, 5) is 17.1. The van der Waals surface area contributed by atoms with Crippen LogP contribution < -0.4 is 4.74 Å². The van der Waals surface area contributed by atoms with Gasteiger partial charge in [0, 0.05) is 29.4 Å². The molecule has 1 aliphatic carbocycles. The van der Waals surface area contributed by atoms with Crippen molar-refractivity contribution in [2.75, 3.05) is 0 Å². The lowest BCUT2D eigenvalue weighted by atomic mass is 9.98. The van der Waals surface area contributed by atoms with E-state index in [0.29, 0.717) is 28.1 Å². The van der Waals surface area contributed by atoms with Crippen LogP contribution in [0.5, 0.6) is 11.5 Å². The summed E-state index contributed by atoms with van der Waals surface area (Å²) in [6, 6.07) is 13.6. The number of rotatable bonds is 5. The first-order valence-electron chi connectivity index (χ1n) is 13.1. The van der Waals surface area contributed by atoms with E-state index in [1.807, 2.05) is 24.3 Å². The van der Waals surface area contributed by atoms with Crippen LogP contribution in [0.3, 0.4) is 0 Å². The van der Waals surface area contributed by atoms with Crippen LogP contribution in [0, 0.1) is 5.82 Å². The minimum absolute atomic E-state index is 0.136. The molecule has 0 aliphatic heterocycles. The van der Waals surface area contributed by atoms with Crippen LogP contribution in [-0.4, -0.2) is 41.3 Å². The number of hydrogen-bond donors (Lipinski definition) is 3. The molecular weight excluding hydrogens is 495 g/mol. The molecule has 7 rings (SSSR count). The fraction of sp³-hybridized carbons (Fsp3) is 0.200. The third kappa shape index (κ3) is 4.46. The van der Waals surface area contributed by atoms with Crippen molar-refractivity contribution in [3.8, 4) is 45.3 Å². The van der Waals surface area contributed by atoms with E-state index in [9.17, 15) is 9.50 Å². The van der Waals surface area contributed by atoms with E-state index in [-0.39, 0.29) is 11.9 Å². The van der Waals surface area contributed by atoms with Gasteiger partial charge in [0.15, 0.2) is 0 Å². The Labute approximate surface area is 222 Å². The summed E-state index contributed by atoms with van der Waals surface area (Å²) in [6.07, 6.45) is 11.3. The topological polar surface area (TPSA) is 113 Å². The minimum Gasteiger partial charge on any atom is -0.508 e. The minimum atomic E-state index is -0.511. The zero-order valence-electron chi connectivity index (χ0n) is 21.0. The van der Waals surface area contributed by atoms with E-state index in [1.54, 1.807) is 24.7 Å². The number of benzene rings is 1. The monoisotopic (exact) mass is 520 g/mol. The van der Waals surface area contributed by atoms with E-state index in [0.717, 1.165) is 52.4 Å². The first-order valence-corrected chi connectivity index (χ1v) is 13.1. The third-order valence-electron chi connectivity index (χ3n) is 7.25. The molecule has 9 heteroatoms. The van der Waals surface area contributed by atoms with Gasteiger partial charge in [-0.05, 0) is 79.3 Å². The second kappa shape index (κ2) is 9.50. The molecule has 0 spiro atoms. The number of phenolic OH excluding ortho intramolecular Hbond substituents is 1. The average molecular weight is 521 g/mol. The molecule has 0 saturated heterocycles. The van der Waals surface area contributed by atoms with Gasteiger partial charge in [0.1, 0.15) is 34.2 Å². The standard InChI is InChI=1S/C30H25FN6O2/c31-19-10-17(11-20(38)13-19)23-8-9-33-30-24(23)14-27(35-30)29-28-26(36-37-29)7-6-25(34-28)18-12-22(16-32-15-18)39-21-4-2-1-3-5-21/h6-16,21,38H,1-5H2,(H,33,35)(H,36,37). The summed E-state index contributed by atoms with van der Waals surface area (Å²) in [5, 5.41) is 18.3. The molecule has 1 fully saturated rings. The second-order valence-corrected chi connectivity index (χ2v) is 9.95. The quantitative estimate of drug-likeness (QED) is 0.231. The van der Waals surface area contributed by atoms with Crippen LogP contribution in [0.1, 0.15) is 32.1 Å². The summed E-state index contributed by atoms with van der Waals surface area (Å²) in [5.41, 5.74) is 6.39. The van der Waals surface area contributed by atoms with E-state index in [4.69, 9.17) is 9.72 Å². The number of fused-ring (bicyclic) bond motifs is 2. The van der Waals surface area contributed by atoms with Gasteiger partial charge in [0.25, 0.3) is 0 Å². The van der Waals surface area contributed by atoms with Crippen molar-refractivity contribution in [1.29, 1.82) is 0 Å². The average Bonchev–Trinajstić information content (AvgIpc) is 3.57. The zero-order valence-corrected chi connectivity index (χ0v) is 21.0. The van der Waals surface area contributed by atoms with Crippen LogP contribution in [0.2, 0.25) is 0 Å². The molecule has 0 bridgehead atoms. The van der Waals surface area contributed by atoms with Gasteiger partial charge in [0.05, 0.1) is 29.2 Å². The molecule has 8 nitrogen and oxygen atoms in total. The maximum absolute atomic E-state index is 14.0. The van der Waals surface area contributed by atoms with Crippen LogP contribution in [0.4, 0.5) is 4.39 Å². The van der Waals surface area contributed by atoms with Gasteiger partial charge < -0.3 is 14.8 Å². The Balaban J connectivity index is 1.26. The number of aromatic nitrogens is 6. The lowest BCUT2D eigenvalue weighted by Crippen LogP contribution is -2.19. The molecule has 1 aliphatic rings. The summed E-state index contributed by atoms with van der Waals surface area (Å²) < 4.78 is 20.2. The predicted molar refractivity (Wildman–Crippen MR) is 147 cm³/mol. The number of aromatic amines is 2. The summed E-state index contributed by atoms with van der Waals surface area (Å²) in [7, 11) is 0. The number of nitrogens with zero attached hydrogens (tertiary/aromatic N) is 4. The molecular formula is C30H25FN6O2. The first-order chi connectivity index (χ1) is 19.1. The molecule has 0 amide bonds. The maximum atomic E-state index is 14.0. The number of pyridine rings is 3. The van der Waals surface area contributed by atoms with Crippen molar-refractivity contribution in [1.82, 2.24) is 30.1 Å². The van der Waals surface area contributed by atoms with Crippen molar-refractivity contribution in [3.05, 3.63) is 72.9 Å². The molecule has 39 heavy (non-hydrogen) atoms. The molecule has 3 N–H and O–H groups in total. The van der Waals surface area contributed by atoms with Gasteiger partial charge >= 0.3 is 0 Å². The van der Waals surface area contributed by atoms with Crippen molar-refractivity contribution < 1.29 is 14.2 Å². The summed E-state index contributed by atoms with van der Waals surface area (Å²) in [6.45, 7) is 0. The van der Waals surface area contributed by atoms with E-state index in [1.165, 1.54) is 31.4 Å². The van der Waals surface area contributed by atoms with Crippen molar-refractivity contribution in [3.63, 3.8) is 0 Å². The summed E-state index contributed by atoms with van der Waals surface area (Å²) >= 11 is 0. The third-order valence-corrected chi connectivity index (χ3v) is 7.25. The molecule has 194 valence electrons. The Hall–Kier alpha value is -4.79. The van der Waals surface area contributed by atoms with Crippen LogP contribution >= 0.6 is 0 Å². The van der Waals surface area contributed by atoms with Gasteiger partial charge in [-0.15, -0.1) is 0 Å². The summed E-state index contributed by atoms with van der Waals surface area (Å²) in [5.74, 6) is 0.109. The van der Waals surface area contributed by atoms with Gasteiger partial charge in [-0.25, -0.2) is 14.4 Å². The van der Waals surface area contributed by atoms with E-state index >= 15 is 0 Å². The van der Waals surface area contributed by atoms with E-state index < -0.39 is 5.82 Å². The molecule has 6 aromatic rings. The highest BCUT2D eigenvalue weighted by Gasteiger charge is 2.18. The molecule has 0 radical (unpaired) electrons. The maximum Gasteiger partial charge on any atom is 0.138 e. The number of halogens is 1. The molecule has 0 atom stereocenters. The van der Waals surface area contributed by atoms with Gasteiger partial charge in [0.2, 0.25) is 0 Å². The highest BCUT2D eigenvalue weighted by Crippen LogP contribution is 2.35. The number of phenols is 1. The Morgan fingerprint density at radius 3 is 2.72 bits per heavy atom. The lowest BCUT2D eigenvalue weighted by molar-refractivity contribution is 0.154. The Kier molecular flexibility index (Phi) is 5.69. The second-order valence-electron chi connectivity index (χ2n) is 9.95. The first kappa shape index (κ1) is 23.3.